The quantitative estimate of drug-likeness (QED) is 0.550. The summed E-state index contributed by atoms with van der Waals surface area (Å²) in [4.78, 5) is 37.7. The fourth-order valence-corrected chi connectivity index (χ4v) is 3.80. The van der Waals surface area contributed by atoms with Gasteiger partial charge in [0.1, 0.15) is 12.1 Å². The van der Waals surface area contributed by atoms with Gasteiger partial charge in [-0.25, -0.2) is 9.97 Å². The largest absolute Gasteiger partial charge is 0.353 e. The van der Waals surface area contributed by atoms with E-state index >= 15 is 0 Å². The molecule has 1 aromatic heterocycles. The van der Waals surface area contributed by atoms with Crippen LogP contribution in [-0.4, -0.2) is 52.7 Å². The van der Waals surface area contributed by atoms with Gasteiger partial charge in [0.25, 0.3) is 0 Å². The summed E-state index contributed by atoms with van der Waals surface area (Å²) in [6.07, 6.45) is 2.99. The van der Waals surface area contributed by atoms with E-state index in [0.29, 0.717) is 37.9 Å². The second-order valence-corrected chi connectivity index (χ2v) is 7.64. The van der Waals surface area contributed by atoms with Crippen LogP contribution in [0.25, 0.3) is 11.3 Å². The molecule has 2 aromatic carbocycles. The highest BCUT2D eigenvalue weighted by atomic mass is 16.2. The van der Waals surface area contributed by atoms with Gasteiger partial charge in [-0.2, -0.15) is 0 Å². The molecule has 6 nitrogen and oxygen atoms in total. The van der Waals surface area contributed by atoms with Gasteiger partial charge in [0.2, 0.25) is 5.91 Å². The zero-order valence-electron chi connectivity index (χ0n) is 17.5. The molecular formula is C25H26N4O2. The SMILES string of the molecule is O=C(CCCC(=O)N1CCN(c2cc(-c3ccccc3)ncn2)CC1)c1ccccc1. The van der Waals surface area contributed by atoms with Crippen molar-refractivity contribution < 1.29 is 9.59 Å². The van der Waals surface area contributed by atoms with Crippen molar-refractivity contribution in [3.05, 3.63) is 78.6 Å². The maximum absolute atomic E-state index is 12.6. The molecule has 0 unspecified atom stereocenters. The van der Waals surface area contributed by atoms with E-state index in [4.69, 9.17) is 0 Å². The number of piperazine rings is 1. The number of anilines is 1. The second-order valence-electron chi connectivity index (χ2n) is 7.64. The third-order valence-electron chi connectivity index (χ3n) is 5.57. The van der Waals surface area contributed by atoms with Crippen molar-refractivity contribution in [3.63, 3.8) is 0 Å². The molecule has 0 aliphatic carbocycles. The first-order valence-electron chi connectivity index (χ1n) is 10.7. The van der Waals surface area contributed by atoms with Crippen LogP contribution in [0.4, 0.5) is 5.82 Å². The molecule has 6 heteroatoms. The first-order valence-corrected chi connectivity index (χ1v) is 10.7. The predicted molar refractivity (Wildman–Crippen MR) is 121 cm³/mol. The maximum Gasteiger partial charge on any atom is 0.222 e. The summed E-state index contributed by atoms with van der Waals surface area (Å²) < 4.78 is 0. The minimum absolute atomic E-state index is 0.0937. The Morgan fingerprint density at radius 2 is 1.48 bits per heavy atom. The number of Topliss-reactive ketones (excluding diaryl/α,β-unsaturated/α-hetero) is 1. The molecule has 1 fully saturated rings. The highest BCUT2D eigenvalue weighted by molar-refractivity contribution is 5.96. The molecule has 0 spiro atoms. The van der Waals surface area contributed by atoms with Gasteiger partial charge < -0.3 is 9.80 Å². The van der Waals surface area contributed by atoms with Gasteiger partial charge in [-0.05, 0) is 6.42 Å². The average Bonchev–Trinajstić information content (AvgIpc) is 2.85. The lowest BCUT2D eigenvalue weighted by atomic mass is 10.1. The Kier molecular flexibility index (Phi) is 6.67. The third-order valence-corrected chi connectivity index (χ3v) is 5.57. The van der Waals surface area contributed by atoms with Crippen molar-refractivity contribution in [1.82, 2.24) is 14.9 Å². The Hall–Kier alpha value is -3.54. The van der Waals surface area contributed by atoms with E-state index in [9.17, 15) is 9.59 Å². The Balaban J connectivity index is 1.26. The first kappa shape index (κ1) is 20.7. The van der Waals surface area contributed by atoms with Crippen LogP contribution in [0, 0.1) is 0 Å². The van der Waals surface area contributed by atoms with Crippen LogP contribution in [0.5, 0.6) is 0 Å². The number of carbonyl (C=O) groups is 2. The summed E-state index contributed by atoms with van der Waals surface area (Å²) in [6, 6.07) is 21.3. The van der Waals surface area contributed by atoms with Gasteiger partial charge in [0.05, 0.1) is 5.69 Å². The molecular weight excluding hydrogens is 388 g/mol. The molecule has 4 rings (SSSR count). The molecule has 1 saturated heterocycles. The van der Waals surface area contributed by atoms with Crippen LogP contribution in [0.15, 0.2) is 73.1 Å². The van der Waals surface area contributed by atoms with Crippen molar-refractivity contribution in [2.75, 3.05) is 31.1 Å². The van der Waals surface area contributed by atoms with E-state index in [0.717, 1.165) is 30.2 Å². The number of carbonyl (C=O) groups excluding carboxylic acids is 2. The molecule has 0 atom stereocenters. The Morgan fingerprint density at radius 1 is 0.806 bits per heavy atom. The van der Waals surface area contributed by atoms with Gasteiger partial charge in [-0.3, -0.25) is 9.59 Å². The molecule has 0 saturated carbocycles. The fraction of sp³-hybridized carbons (Fsp3) is 0.280. The van der Waals surface area contributed by atoms with Crippen LogP contribution < -0.4 is 4.90 Å². The number of nitrogens with zero attached hydrogens (tertiary/aromatic N) is 4. The summed E-state index contributed by atoms with van der Waals surface area (Å²) in [5.74, 6) is 1.10. The number of aromatic nitrogens is 2. The molecule has 1 amide bonds. The van der Waals surface area contributed by atoms with Gasteiger partial charge in [-0.1, -0.05) is 60.7 Å². The molecule has 1 aliphatic heterocycles. The van der Waals surface area contributed by atoms with Crippen molar-refractivity contribution in [3.8, 4) is 11.3 Å². The summed E-state index contributed by atoms with van der Waals surface area (Å²) in [6.45, 7) is 2.80. The molecule has 0 bridgehead atoms. The number of hydrogen-bond donors (Lipinski definition) is 0. The number of rotatable bonds is 7. The number of benzene rings is 2. The second kappa shape index (κ2) is 9.98. The molecule has 2 heterocycles. The molecule has 0 radical (unpaired) electrons. The molecule has 3 aromatic rings. The van der Waals surface area contributed by atoms with E-state index in [1.807, 2.05) is 71.6 Å². The van der Waals surface area contributed by atoms with Crippen molar-refractivity contribution in [1.29, 1.82) is 0 Å². The summed E-state index contributed by atoms with van der Waals surface area (Å²) in [5, 5.41) is 0. The van der Waals surface area contributed by atoms with Crippen molar-refractivity contribution in [2.24, 2.45) is 0 Å². The monoisotopic (exact) mass is 414 g/mol. The number of amides is 1. The van der Waals surface area contributed by atoms with Gasteiger partial charge in [0, 0.05) is 56.2 Å². The molecule has 158 valence electrons. The van der Waals surface area contributed by atoms with Gasteiger partial charge >= 0.3 is 0 Å². The molecule has 1 aliphatic rings. The first-order chi connectivity index (χ1) is 15.2. The Labute approximate surface area is 182 Å². The maximum atomic E-state index is 12.6. The van der Waals surface area contributed by atoms with Crippen molar-refractivity contribution in [2.45, 2.75) is 19.3 Å². The Bertz CT molecular complexity index is 1020. The van der Waals surface area contributed by atoms with E-state index in [-0.39, 0.29) is 11.7 Å². The van der Waals surface area contributed by atoms with Crippen molar-refractivity contribution >= 4 is 17.5 Å². The van der Waals surface area contributed by atoms with Crippen LogP contribution in [0.1, 0.15) is 29.6 Å². The topological polar surface area (TPSA) is 66.4 Å². The van der Waals surface area contributed by atoms with E-state index in [1.54, 1.807) is 6.33 Å². The number of hydrogen-bond acceptors (Lipinski definition) is 5. The van der Waals surface area contributed by atoms with Crippen LogP contribution >= 0.6 is 0 Å². The zero-order chi connectivity index (χ0) is 21.5. The number of ketones is 1. The van der Waals surface area contributed by atoms with Crippen LogP contribution in [0.3, 0.4) is 0 Å². The van der Waals surface area contributed by atoms with Gasteiger partial charge in [0.15, 0.2) is 5.78 Å². The lowest BCUT2D eigenvalue weighted by Gasteiger charge is -2.35. The van der Waals surface area contributed by atoms with E-state index < -0.39 is 0 Å². The summed E-state index contributed by atoms with van der Waals surface area (Å²) in [7, 11) is 0. The van der Waals surface area contributed by atoms with Crippen LogP contribution in [-0.2, 0) is 4.79 Å². The summed E-state index contributed by atoms with van der Waals surface area (Å²) in [5.41, 5.74) is 2.67. The lowest BCUT2D eigenvalue weighted by Crippen LogP contribution is -2.49. The lowest BCUT2D eigenvalue weighted by molar-refractivity contribution is -0.131. The minimum atomic E-state index is 0.0937. The standard InChI is InChI=1S/C25H26N4O2/c30-23(21-10-5-2-6-11-21)12-7-13-25(31)29-16-14-28(15-17-29)24-18-22(26-19-27-24)20-8-3-1-4-9-20/h1-6,8-11,18-19H,7,12-17H2. The van der Waals surface area contributed by atoms with Crippen LogP contribution in [0.2, 0.25) is 0 Å². The fourth-order valence-electron chi connectivity index (χ4n) is 3.80. The molecule has 0 N–H and O–H groups in total. The highest BCUT2D eigenvalue weighted by Crippen LogP contribution is 2.21. The van der Waals surface area contributed by atoms with E-state index in [1.165, 1.54) is 0 Å². The average molecular weight is 415 g/mol. The normalized spacial score (nSPS) is 13.8. The Morgan fingerprint density at radius 3 is 2.19 bits per heavy atom. The molecule has 31 heavy (non-hydrogen) atoms. The third kappa shape index (κ3) is 5.34. The van der Waals surface area contributed by atoms with E-state index in [2.05, 4.69) is 14.9 Å². The summed E-state index contributed by atoms with van der Waals surface area (Å²) >= 11 is 0. The smallest absolute Gasteiger partial charge is 0.222 e. The highest BCUT2D eigenvalue weighted by Gasteiger charge is 2.22. The predicted octanol–water partition coefficient (Wildman–Crippen LogP) is 3.85. The minimum Gasteiger partial charge on any atom is -0.353 e. The van der Waals surface area contributed by atoms with Gasteiger partial charge in [-0.15, -0.1) is 0 Å². The zero-order valence-corrected chi connectivity index (χ0v) is 17.5.